The Labute approximate surface area is 159 Å². The molecule has 3 rings (SSSR count). The molecule has 3 heterocycles. The Balaban J connectivity index is 1.68. The highest BCUT2D eigenvalue weighted by atomic mass is 16.6. The van der Waals surface area contributed by atoms with Gasteiger partial charge in [0.2, 0.25) is 11.7 Å². The Kier molecular flexibility index (Phi) is 6.60. The molecule has 1 amide bonds. The average molecular weight is 376 g/mol. The number of rotatable bonds is 5. The maximum absolute atomic E-state index is 12.5. The fourth-order valence-electron chi connectivity index (χ4n) is 4.41. The molecule has 2 fully saturated rings. The summed E-state index contributed by atoms with van der Waals surface area (Å²) in [5.41, 5.74) is 0.0577. The van der Waals surface area contributed by atoms with Crippen molar-refractivity contribution >= 4 is 17.4 Å². The van der Waals surface area contributed by atoms with E-state index < -0.39 is 0 Å². The number of nitro groups is 1. The molecular formula is C19H28N4O4. The summed E-state index contributed by atoms with van der Waals surface area (Å²) in [6.07, 6.45) is 7.81. The number of pyridine rings is 1. The van der Waals surface area contributed by atoms with E-state index in [1.807, 2.05) is 9.80 Å². The van der Waals surface area contributed by atoms with Gasteiger partial charge in [0, 0.05) is 45.0 Å². The molecule has 1 aromatic heterocycles. The molecule has 1 unspecified atom stereocenters. The molecule has 1 atom stereocenters. The van der Waals surface area contributed by atoms with E-state index in [1.54, 1.807) is 19.4 Å². The van der Waals surface area contributed by atoms with Gasteiger partial charge in [0.05, 0.1) is 4.92 Å². The minimum absolute atomic E-state index is 0.0577. The van der Waals surface area contributed by atoms with Gasteiger partial charge in [-0.05, 0) is 37.7 Å². The summed E-state index contributed by atoms with van der Waals surface area (Å²) in [6, 6.07) is 3.35. The first-order valence-electron chi connectivity index (χ1n) is 9.74. The van der Waals surface area contributed by atoms with Crippen LogP contribution in [0.4, 0.5) is 11.5 Å². The van der Waals surface area contributed by atoms with E-state index >= 15 is 0 Å². The van der Waals surface area contributed by atoms with E-state index in [0.29, 0.717) is 11.7 Å². The molecule has 0 radical (unpaired) electrons. The predicted molar refractivity (Wildman–Crippen MR) is 102 cm³/mol. The van der Waals surface area contributed by atoms with Crippen LogP contribution in [0.3, 0.4) is 0 Å². The number of hydrogen-bond donors (Lipinski definition) is 0. The number of carbonyl (C=O) groups excluding carboxylic acids is 1. The lowest BCUT2D eigenvalue weighted by Gasteiger charge is -2.40. The van der Waals surface area contributed by atoms with Crippen molar-refractivity contribution in [2.24, 2.45) is 5.92 Å². The second kappa shape index (κ2) is 9.12. The Morgan fingerprint density at radius 1 is 1.26 bits per heavy atom. The van der Waals surface area contributed by atoms with Gasteiger partial charge < -0.3 is 14.5 Å². The van der Waals surface area contributed by atoms with Crippen LogP contribution in [0.1, 0.15) is 38.5 Å². The van der Waals surface area contributed by atoms with Crippen LogP contribution in [0.2, 0.25) is 0 Å². The van der Waals surface area contributed by atoms with Crippen molar-refractivity contribution in [2.75, 3.05) is 38.3 Å². The average Bonchev–Trinajstić information content (AvgIpc) is 2.94. The topological polar surface area (TPSA) is 88.8 Å². The fourth-order valence-corrected chi connectivity index (χ4v) is 4.41. The minimum Gasteiger partial charge on any atom is -0.375 e. The smallest absolute Gasteiger partial charge is 0.311 e. The number of carbonyl (C=O) groups is 1. The van der Waals surface area contributed by atoms with Crippen molar-refractivity contribution in [3.63, 3.8) is 0 Å². The van der Waals surface area contributed by atoms with Gasteiger partial charge in [-0.25, -0.2) is 4.98 Å². The summed E-state index contributed by atoms with van der Waals surface area (Å²) >= 11 is 0. The number of ether oxygens (including phenoxy) is 1. The van der Waals surface area contributed by atoms with Crippen LogP contribution in [-0.4, -0.2) is 60.1 Å². The van der Waals surface area contributed by atoms with Crippen LogP contribution in [0.5, 0.6) is 0 Å². The minimum atomic E-state index is -0.370. The van der Waals surface area contributed by atoms with Gasteiger partial charge in [-0.3, -0.25) is 14.9 Å². The molecule has 0 aliphatic carbocycles. The van der Waals surface area contributed by atoms with Crippen LogP contribution in [0, 0.1) is 16.0 Å². The molecule has 0 spiro atoms. The van der Waals surface area contributed by atoms with Crippen LogP contribution in [0.25, 0.3) is 0 Å². The zero-order valence-corrected chi connectivity index (χ0v) is 15.9. The molecule has 0 aromatic carbocycles. The summed E-state index contributed by atoms with van der Waals surface area (Å²) in [7, 11) is 1.56. The van der Waals surface area contributed by atoms with Crippen LogP contribution in [0.15, 0.2) is 18.3 Å². The van der Waals surface area contributed by atoms with Crippen LogP contribution in [-0.2, 0) is 9.53 Å². The van der Waals surface area contributed by atoms with E-state index in [2.05, 4.69) is 4.98 Å². The molecule has 0 N–H and O–H groups in total. The summed E-state index contributed by atoms with van der Waals surface area (Å²) < 4.78 is 5.07. The Bertz CT molecular complexity index is 661. The first-order chi connectivity index (χ1) is 13.1. The number of anilines is 1. The highest BCUT2D eigenvalue weighted by molar-refractivity contribution is 5.77. The van der Waals surface area contributed by atoms with Crippen molar-refractivity contribution in [1.29, 1.82) is 0 Å². The normalized spacial score (nSPS) is 21.7. The number of amides is 1. The van der Waals surface area contributed by atoms with Gasteiger partial charge in [-0.1, -0.05) is 12.8 Å². The van der Waals surface area contributed by atoms with Gasteiger partial charge in [0.1, 0.15) is 6.61 Å². The summed E-state index contributed by atoms with van der Waals surface area (Å²) in [4.78, 5) is 31.7. The first kappa shape index (κ1) is 19.5. The van der Waals surface area contributed by atoms with Gasteiger partial charge in [0.25, 0.3) is 0 Å². The van der Waals surface area contributed by atoms with E-state index in [4.69, 9.17) is 4.74 Å². The van der Waals surface area contributed by atoms with Crippen LogP contribution < -0.4 is 4.90 Å². The monoisotopic (exact) mass is 376 g/mol. The highest BCUT2D eigenvalue weighted by Gasteiger charge is 2.35. The first-order valence-corrected chi connectivity index (χ1v) is 9.74. The molecule has 2 aliphatic rings. The molecular weight excluding hydrogens is 348 g/mol. The highest BCUT2D eigenvalue weighted by Crippen LogP contribution is 2.33. The number of nitrogens with zero attached hydrogens (tertiary/aromatic N) is 4. The van der Waals surface area contributed by atoms with Gasteiger partial charge in [0.15, 0.2) is 0 Å². The SMILES string of the molecule is COCC(=O)N1CCCCCC1C1CCN(c2ncccc2[N+](=O)[O-])CC1. The van der Waals surface area contributed by atoms with Crippen molar-refractivity contribution in [3.05, 3.63) is 28.4 Å². The van der Waals surface area contributed by atoms with Gasteiger partial charge >= 0.3 is 5.69 Å². The van der Waals surface area contributed by atoms with Crippen molar-refractivity contribution in [2.45, 2.75) is 44.6 Å². The Hall–Kier alpha value is -2.22. The van der Waals surface area contributed by atoms with E-state index in [-0.39, 0.29) is 29.2 Å². The van der Waals surface area contributed by atoms with Crippen LogP contribution >= 0.6 is 0 Å². The molecule has 2 saturated heterocycles. The lowest BCUT2D eigenvalue weighted by molar-refractivity contribution is -0.384. The zero-order chi connectivity index (χ0) is 19.2. The third kappa shape index (κ3) is 4.55. The summed E-state index contributed by atoms with van der Waals surface area (Å²) in [6.45, 7) is 2.39. The molecule has 0 saturated carbocycles. The Morgan fingerprint density at radius 3 is 2.74 bits per heavy atom. The lowest BCUT2D eigenvalue weighted by Crippen LogP contribution is -2.49. The fraction of sp³-hybridized carbons (Fsp3) is 0.684. The molecule has 8 heteroatoms. The number of likely N-dealkylation sites (tertiary alicyclic amines) is 1. The third-order valence-electron chi connectivity index (χ3n) is 5.73. The molecule has 2 aliphatic heterocycles. The number of methoxy groups -OCH3 is 1. The molecule has 1 aromatic rings. The predicted octanol–water partition coefficient (Wildman–Crippen LogP) is 2.62. The van der Waals surface area contributed by atoms with Crippen molar-refractivity contribution in [1.82, 2.24) is 9.88 Å². The standard InChI is InChI=1S/C19H28N4O4/c1-27-14-18(24)22-11-4-2-3-6-16(22)15-8-12-21(13-9-15)19-17(23(25)26)7-5-10-20-19/h5,7,10,15-16H,2-4,6,8-9,11-14H2,1H3. The maximum atomic E-state index is 12.5. The summed E-state index contributed by atoms with van der Waals surface area (Å²) in [5.74, 6) is 0.948. The molecule has 8 nitrogen and oxygen atoms in total. The second-order valence-corrected chi connectivity index (χ2v) is 7.36. The Morgan fingerprint density at radius 2 is 2.04 bits per heavy atom. The van der Waals surface area contributed by atoms with Gasteiger partial charge in [-0.15, -0.1) is 0 Å². The van der Waals surface area contributed by atoms with E-state index in [0.717, 1.165) is 58.2 Å². The number of hydrogen-bond acceptors (Lipinski definition) is 6. The molecule has 148 valence electrons. The quantitative estimate of drug-likeness (QED) is 0.580. The second-order valence-electron chi connectivity index (χ2n) is 7.36. The molecule has 0 bridgehead atoms. The number of piperidine rings is 1. The summed E-state index contributed by atoms with van der Waals surface area (Å²) in [5, 5.41) is 11.3. The largest absolute Gasteiger partial charge is 0.375 e. The third-order valence-corrected chi connectivity index (χ3v) is 5.73. The van der Waals surface area contributed by atoms with Gasteiger partial charge in [-0.2, -0.15) is 0 Å². The van der Waals surface area contributed by atoms with E-state index in [1.165, 1.54) is 6.07 Å². The zero-order valence-electron chi connectivity index (χ0n) is 15.9. The van der Waals surface area contributed by atoms with Crippen molar-refractivity contribution < 1.29 is 14.5 Å². The number of aromatic nitrogens is 1. The maximum Gasteiger partial charge on any atom is 0.311 e. The molecule has 27 heavy (non-hydrogen) atoms. The van der Waals surface area contributed by atoms with Crippen molar-refractivity contribution in [3.8, 4) is 0 Å². The lowest BCUT2D eigenvalue weighted by atomic mass is 9.86. The van der Waals surface area contributed by atoms with E-state index in [9.17, 15) is 14.9 Å².